The first-order valence-corrected chi connectivity index (χ1v) is 6.68. The molecule has 0 amide bonds. The first kappa shape index (κ1) is 15.8. The summed E-state index contributed by atoms with van der Waals surface area (Å²) in [5, 5.41) is 19.9. The van der Waals surface area contributed by atoms with Gasteiger partial charge in [-0.15, -0.1) is 0 Å². The Bertz CT molecular complexity index is 460. The van der Waals surface area contributed by atoms with Gasteiger partial charge in [0.2, 0.25) is 0 Å². The van der Waals surface area contributed by atoms with Crippen LogP contribution in [0.4, 0.5) is 0 Å². The molecule has 5 heteroatoms. The zero-order valence-corrected chi connectivity index (χ0v) is 12.2. The number of hydrogen-bond acceptors (Lipinski definition) is 3. The molecule has 1 atom stereocenters. The van der Waals surface area contributed by atoms with E-state index in [1.165, 1.54) is 6.07 Å². The van der Waals surface area contributed by atoms with E-state index in [1.54, 1.807) is 19.1 Å². The van der Waals surface area contributed by atoms with E-state index in [0.29, 0.717) is 23.7 Å². The van der Waals surface area contributed by atoms with Crippen molar-refractivity contribution in [2.45, 2.75) is 32.7 Å². The smallest absolute Gasteiger partial charge is 0.324 e. The normalized spacial score (nSPS) is 14.4. The summed E-state index contributed by atoms with van der Waals surface area (Å²) in [6.07, 6.45) is 0.205. The van der Waals surface area contributed by atoms with Crippen molar-refractivity contribution >= 4 is 17.6 Å². The lowest BCUT2D eigenvalue weighted by Crippen LogP contribution is -2.53. The van der Waals surface area contributed by atoms with Crippen LogP contribution in [0.5, 0.6) is 5.75 Å². The van der Waals surface area contributed by atoms with Crippen LogP contribution in [-0.4, -0.2) is 39.7 Å². The number of carboxylic acids is 1. The molecule has 0 saturated carbocycles. The van der Waals surface area contributed by atoms with Gasteiger partial charge in [-0.1, -0.05) is 25.4 Å². The highest BCUT2D eigenvalue weighted by molar-refractivity contribution is 6.30. The molecule has 0 aliphatic rings. The van der Waals surface area contributed by atoms with E-state index in [9.17, 15) is 15.0 Å². The highest BCUT2D eigenvalue weighted by Crippen LogP contribution is 2.28. The van der Waals surface area contributed by atoms with Crippen LogP contribution in [0.1, 0.15) is 26.3 Å². The number of benzene rings is 1. The summed E-state index contributed by atoms with van der Waals surface area (Å²) in [5.74, 6) is -0.834. The second-order valence-corrected chi connectivity index (χ2v) is 5.14. The van der Waals surface area contributed by atoms with Gasteiger partial charge in [0.25, 0.3) is 0 Å². The van der Waals surface area contributed by atoms with Crippen molar-refractivity contribution in [3.8, 4) is 5.75 Å². The summed E-state index contributed by atoms with van der Waals surface area (Å²) < 4.78 is 0. The first-order chi connectivity index (χ1) is 8.85. The maximum atomic E-state index is 11.6. The van der Waals surface area contributed by atoms with Crippen molar-refractivity contribution in [1.29, 1.82) is 0 Å². The number of phenols is 1. The number of nitrogens with zero attached hydrogens (tertiary/aromatic N) is 1. The largest absolute Gasteiger partial charge is 0.508 e. The maximum absolute atomic E-state index is 11.6. The quantitative estimate of drug-likeness (QED) is 0.844. The fourth-order valence-electron chi connectivity index (χ4n) is 2.31. The molecule has 4 nitrogen and oxygen atoms in total. The highest BCUT2D eigenvalue weighted by Gasteiger charge is 2.38. The van der Waals surface area contributed by atoms with Crippen LogP contribution in [0, 0.1) is 0 Å². The van der Waals surface area contributed by atoms with Gasteiger partial charge >= 0.3 is 5.97 Å². The first-order valence-electron chi connectivity index (χ1n) is 6.31. The number of aromatic hydroxyl groups is 1. The summed E-state index contributed by atoms with van der Waals surface area (Å²) in [5.41, 5.74) is -0.518. The summed E-state index contributed by atoms with van der Waals surface area (Å²) >= 11 is 5.90. The van der Waals surface area contributed by atoms with Gasteiger partial charge < -0.3 is 10.2 Å². The minimum Gasteiger partial charge on any atom is -0.508 e. The Morgan fingerprint density at radius 3 is 2.42 bits per heavy atom. The number of halogens is 1. The van der Waals surface area contributed by atoms with E-state index in [-0.39, 0.29) is 12.2 Å². The minimum atomic E-state index is -1.06. The second-order valence-electron chi connectivity index (χ2n) is 4.70. The van der Waals surface area contributed by atoms with Gasteiger partial charge in [-0.25, -0.2) is 0 Å². The van der Waals surface area contributed by atoms with Crippen molar-refractivity contribution in [3.05, 3.63) is 28.8 Å². The number of carboxylic acid groups (broad SMARTS) is 1. The predicted octanol–water partition coefficient (Wildman–Crippen LogP) is 2.77. The van der Waals surface area contributed by atoms with Crippen molar-refractivity contribution in [2.24, 2.45) is 0 Å². The molecule has 0 fully saturated rings. The summed E-state index contributed by atoms with van der Waals surface area (Å²) in [6, 6.07) is 4.68. The fourth-order valence-corrected chi connectivity index (χ4v) is 2.51. The zero-order valence-electron chi connectivity index (χ0n) is 11.5. The predicted molar refractivity (Wildman–Crippen MR) is 75.8 cm³/mol. The molecule has 0 aliphatic heterocycles. The molecule has 106 valence electrons. The Morgan fingerprint density at radius 2 is 1.95 bits per heavy atom. The molecule has 0 radical (unpaired) electrons. The van der Waals surface area contributed by atoms with Crippen LogP contribution in [0.25, 0.3) is 0 Å². The Balaban J connectivity index is 3.15. The molecule has 0 heterocycles. The molecule has 1 aromatic rings. The van der Waals surface area contributed by atoms with Crippen LogP contribution in [0.2, 0.25) is 5.02 Å². The van der Waals surface area contributed by atoms with Gasteiger partial charge in [0.1, 0.15) is 11.3 Å². The lowest BCUT2D eigenvalue weighted by Gasteiger charge is -2.36. The van der Waals surface area contributed by atoms with E-state index in [0.717, 1.165) is 0 Å². The Kier molecular flexibility index (Phi) is 5.20. The number of rotatable bonds is 6. The van der Waals surface area contributed by atoms with E-state index in [2.05, 4.69) is 0 Å². The van der Waals surface area contributed by atoms with Gasteiger partial charge in [-0.3, -0.25) is 9.69 Å². The molecular weight excluding hydrogens is 266 g/mol. The summed E-state index contributed by atoms with van der Waals surface area (Å²) in [7, 11) is 0. The fraction of sp³-hybridized carbons (Fsp3) is 0.500. The Labute approximate surface area is 118 Å². The lowest BCUT2D eigenvalue weighted by atomic mass is 9.90. The van der Waals surface area contributed by atoms with E-state index in [1.807, 2.05) is 18.7 Å². The van der Waals surface area contributed by atoms with Crippen LogP contribution < -0.4 is 0 Å². The third kappa shape index (κ3) is 3.39. The third-order valence-electron chi connectivity index (χ3n) is 3.50. The monoisotopic (exact) mass is 285 g/mol. The van der Waals surface area contributed by atoms with Crippen LogP contribution in [-0.2, 0) is 11.2 Å². The Morgan fingerprint density at radius 1 is 1.37 bits per heavy atom. The molecule has 0 bridgehead atoms. The highest BCUT2D eigenvalue weighted by atomic mass is 35.5. The van der Waals surface area contributed by atoms with Gasteiger partial charge in [-0.2, -0.15) is 0 Å². The van der Waals surface area contributed by atoms with Crippen molar-refractivity contribution in [2.75, 3.05) is 13.1 Å². The maximum Gasteiger partial charge on any atom is 0.324 e. The van der Waals surface area contributed by atoms with Gasteiger partial charge in [-0.05, 0) is 43.8 Å². The lowest BCUT2D eigenvalue weighted by molar-refractivity contribution is -0.150. The van der Waals surface area contributed by atoms with Gasteiger partial charge in [0.15, 0.2) is 0 Å². The number of phenolic OH excluding ortho intramolecular Hbond substituents is 1. The number of aliphatic carboxylic acids is 1. The molecule has 19 heavy (non-hydrogen) atoms. The third-order valence-corrected chi connectivity index (χ3v) is 3.73. The molecule has 1 rings (SSSR count). The van der Waals surface area contributed by atoms with Crippen LogP contribution in [0.3, 0.4) is 0 Å². The molecule has 1 aromatic carbocycles. The van der Waals surface area contributed by atoms with E-state index >= 15 is 0 Å². The molecule has 0 aromatic heterocycles. The minimum absolute atomic E-state index is 0.0732. The average molecular weight is 286 g/mol. The number of carbonyl (C=O) groups is 1. The topological polar surface area (TPSA) is 60.8 Å². The van der Waals surface area contributed by atoms with Gasteiger partial charge in [0.05, 0.1) is 0 Å². The van der Waals surface area contributed by atoms with Gasteiger partial charge in [0, 0.05) is 11.4 Å². The van der Waals surface area contributed by atoms with Crippen molar-refractivity contribution < 1.29 is 15.0 Å². The Hall–Kier alpha value is -1.26. The second kappa shape index (κ2) is 6.26. The molecule has 1 unspecified atom stereocenters. The SMILES string of the molecule is CCN(CC)C(C)(Cc1cc(Cl)ccc1O)C(=O)O. The van der Waals surface area contributed by atoms with Crippen LogP contribution >= 0.6 is 11.6 Å². The van der Waals surface area contributed by atoms with E-state index < -0.39 is 11.5 Å². The zero-order chi connectivity index (χ0) is 14.6. The van der Waals surface area contributed by atoms with Crippen molar-refractivity contribution in [1.82, 2.24) is 4.90 Å². The number of hydrogen-bond donors (Lipinski definition) is 2. The van der Waals surface area contributed by atoms with Crippen LogP contribution in [0.15, 0.2) is 18.2 Å². The average Bonchev–Trinajstić information content (AvgIpc) is 2.35. The number of likely N-dealkylation sites (N-methyl/N-ethyl adjacent to an activating group) is 1. The molecule has 0 aliphatic carbocycles. The molecule has 0 saturated heterocycles. The summed E-state index contributed by atoms with van der Waals surface area (Å²) in [6.45, 7) is 6.76. The summed E-state index contributed by atoms with van der Waals surface area (Å²) in [4.78, 5) is 13.5. The van der Waals surface area contributed by atoms with Crippen molar-refractivity contribution in [3.63, 3.8) is 0 Å². The standard InChI is InChI=1S/C14H20ClNO3/c1-4-16(5-2)14(3,13(18)19)9-10-8-11(15)6-7-12(10)17/h6-8,17H,4-5,9H2,1-3H3,(H,18,19). The molecular formula is C14H20ClNO3. The van der Waals surface area contributed by atoms with E-state index in [4.69, 9.17) is 11.6 Å². The molecule has 2 N–H and O–H groups in total. The molecule has 0 spiro atoms.